The van der Waals surface area contributed by atoms with E-state index in [9.17, 15) is 4.79 Å². The van der Waals surface area contributed by atoms with Gasteiger partial charge in [0.05, 0.1) is 7.11 Å². The molecule has 0 radical (unpaired) electrons. The van der Waals surface area contributed by atoms with Crippen LogP contribution in [-0.4, -0.2) is 13.0 Å². The number of nitrogens with one attached hydrogen (secondary N) is 1. The minimum atomic E-state index is -0.154. The molecule has 3 heteroatoms. The Labute approximate surface area is 102 Å². The van der Waals surface area contributed by atoms with Gasteiger partial charge in [-0.15, -0.1) is 0 Å². The van der Waals surface area contributed by atoms with E-state index in [4.69, 9.17) is 4.74 Å². The summed E-state index contributed by atoms with van der Waals surface area (Å²) in [6.07, 6.45) is 3.47. The van der Waals surface area contributed by atoms with E-state index in [1.807, 2.05) is 31.2 Å². The molecule has 0 fully saturated rings. The molecule has 0 heterocycles. The van der Waals surface area contributed by atoms with Crippen molar-refractivity contribution >= 4 is 5.91 Å². The fraction of sp³-hybridized carbons (Fsp3) is 0.214. The lowest BCUT2D eigenvalue weighted by Gasteiger charge is -2.06. The lowest BCUT2D eigenvalue weighted by atomic mass is 10.2. The Morgan fingerprint density at radius 3 is 2.59 bits per heavy atom. The molecule has 17 heavy (non-hydrogen) atoms. The smallest absolute Gasteiger partial charge is 0.250 e. The van der Waals surface area contributed by atoms with Crippen molar-refractivity contribution in [3.05, 3.63) is 54.1 Å². The molecule has 0 bridgehead atoms. The Morgan fingerprint density at radius 2 is 2.06 bits per heavy atom. The van der Waals surface area contributed by atoms with Crippen LogP contribution in [0.2, 0.25) is 0 Å². The molecule has 0 aliphatic carbocycles. The van der Waals surface area contributed by atoms with Gasteiger partial charge in [0.2, 0.25) is 0 Å². The van der Waals surface area contributed by atoms with Crippen molar-refractivity contribution in [2.75, 3.05) is 7.11 Å². The van der Waals surface area contributed by atoms with Crippen LogP contribution in [0.5, 0.6) is 5.75 Å². The number of rotatable bonds is 5. The van der Waals surface area contributed by atoms with E-state index in [-0.39, 0.29) is 5.91 Å². The van der Waals surface area contributed by atoms with Crippen LogP contribution in [0.3, 0.4) is 0 Å². The molecule has 1 amide bonds. The van der Waals surface area contributed by atoms with Gasteiger partial charge in [-0.1, -0.05) is 30.9 Å². The Kier molecular flexibility index (Phi) is 5.01. The molecular formula is C14H17NO2. The first kappa shape index (κ1) is 13.0. The lowest BCUT2D eigenvalue weighted by Crippen LogP contribution is -2.23. The number of benzene rings is 1. The molecule has 0 unspecified atom stereocenters. The molecule has 1 aromatic carbocycles. The summed E-state index contributed by atoms with van der Waals surface area (Å²) in [5.74, 6) is 0.650. The van der Waals surface area contributed by atoms with Crippen LogP contribution in [0.15, 0.2) is 48.6 Å². The third kappa shape index (κ3) is 4.15. The highest BCUT2D eigenvalue weighted by Gasteiger charge is 2.02. The minimum Gasteiger partial charge on any atom is -0.497 e. The van der Waals surface area contributed by atoms with Crippen molar-refractivity contribution in [2.24, 2.45) is 0 Å². The molecule has 0 saturated heterocycles. The van der Waals surface area contributed by atoms with Gasteiger partial charge < -0.3 is 10.1 Å². The van der Waals surface area contributed by atoms with E-state index in [0.717, 1.165) is 11.3 Å². The summed E-state index contributed by atoms with van der Waals surface area (Å²) in [5.41, 5.74) is 1.48. The number of amides is 1. The van der Waals surface area contributed by atoms with E-state index in [0.29, 0.717) is 12.1 Å². The second-order valence-corrected chi connectivity index (χ2v) is 3.56. The van der Waals surface area contributed by atoms with E-state index in [1.165, 1.54) is 0 Å². The van der Waals surface area contributed by atoms with Crippen LogP contribution >= 0.6 is 0 Å². The number of ether oxygens (including phenoxy) is 1. The first-order valence-corrected chi connectivity index (χ1v) is 5.40. The SMILES string of the molecule is C=C(/C=C\C)C(=O)NCc1ccc(OC)cc1. The van der Waals surface area contributed by atoms with Crippen molar-refractivity contribution in [1.82, 2.24) is 5.32 Å². The van der Waals surface area contributed by atoms with Gasteiger partial charge in [-0.2, -0.15) is 0 Å². The highest BCUT2D eigenvalue weighted by Crippen LogP contribution is 2.11. The third-order valence-electron chi connectivity index (χ3n) is 2.27. The monoisotopic (exact) mass is 231 g/mol. The van der Waals surface area contributed by atoms with Crippen molar-refractivity contribution in [1.29, 1.82) is 0 Å². The minimum absolute atomic E-state index is 0.154. The van der Waals surface area contributed by atoms with Gasteiger partial charge in [0, 0.05) is 12.1 Å². The van der Waals surface area contributed by atoms with Gasteiger partial charge in [0.15, 0.2) is 0 Å². The van der Waals surface area contributed by atoms with Gasteiger partial charge in [-0.25, -0.2) is 0 Å². The quantitative estimate of drug-likeness (QED) is 0.624. The largest absolute Gasteiger partial charge is 0.497 e. The third-order valence-corrected chi connectivity index (χ3v) is 2.27. The second-order valence-electron chi connectivity index (χ2n) is 3.56. The Hall–Kier alpha value is -2.03. The van der Waals surface area contributed by atoms with Gasteiger partial charge >= 0.3 is 0 Å². The van der Waals surface area contributed by atoms with Crippen LogP contribution in [0.4, 0.5) is 0 Å². The maximum Gasteiger partial charge on any atom is 0.250 e. The summed E-state index contributed by atoms with van der Waals surface area (Å²) < 4.78 is 5.05. The topological polar surface area (TPSA) is 38.3 Å². The van der Waals surface area contributed by atoms with Gasteiger partial charge in [-0.3, -0.25) is 4.79 Å². The van der Waals surface area contributed by atoms with E-state index >= 15 is 0 Å². The van der Waals surface area contributed by atoms with E-state index < -0.39 is 0 Å². The molecule has 1 rings (SSSR count). The molecule has 1 N–H and O–H groups in total. The first-order valence-electron chi connectivity index (χ1n) is 5.40. The Bertz CT molecular complexity index is 418. The molecular weight excluding hydrogens is 214 g/mol. The molecule has 0 aliphatic rings. The first-order chi connectivity index (χ1) is 8.17. The highest BCUT2D eigenvalue weighted by atomic mass is 16.5. The van der Waals surface area contributed by atoms with Crippen LogP contribution in [0, 0.1) is 0 Å². The lowest BCUT2D eigenvalue weighted by molar-refractivity contribution is -0.117. The fourth-order valence-corrected chi connectivity index (χ4v) is 1.32. The number of carbonyl (C=O) groups is 1. The average Bonchev–Trinajstić information content (AvgIpc) is 2.36. The average molecular weight is 231 g/mol. The molecule has 90 valence electrons. The highest BCUT2D eigenvalue weighted by molar-refractivity contribution is 5.95. The summed E-state index contributed by atoms with van der Waals surface area (Å²) in [6, 6.07) is 7.56. The van der Waals surface area contributed by atoms with Crippen LogP contribution < -0.4 is 10.1 Å². The zero-order chi connectivity index (χ0) is 12.7. The zero-order valence-corrected chi connectivity index (χ0v) is 10.2. The maximum atomic E-state index is 11.5. The predicted octanol–water partition coefficient (Wildman–Crippen LogP) is 2.44. The van der Waals surface area contributed by atoms with Gasteiger partial charge in [0.25, 0.3) is 5.91 Å². The number of methoxy groups -OCH3 is 1. The van der Waals surface area contributed by atoms with Crippen molar-refractivity contribution < 1.29 is 9.53 Å². The summed E-state index contributed by atoms with van der Waals surface area (Å²) in [4.78, 5) is 11.5. The maximum absolute atomic E-state index is 11.5. The van der Waals surface area contributed by atoms with Crippen LogP contribution in [0.1, 0.15) is 12.5 Å². The molecule has 3 nitrogen and oxygen atoms in total. The molecule has 0 aliphatic heterocycles. The molecule has 0 atom stereocenters. The Morgan fingerprint density at radius 1 is 1.41 bits per heavy atom. The number of hydrogen-bond donors (Lipinski definition) is 1. The van der Waals surface area contributed by atoms with Gasteiger partial charge in [0.1, 0.15) is 5.75 Å². The van der Waals surface area contributed by atoms with E-state index in [2.05, 4.69) is 11.9 Å². The predicted molar refractivity (Wildman–Crippen MR) is 68.8 cm³/mol. The van der Waals surface area contributed by atoms with Crippen LogP contribution in [-0.2, 0) is 11.3 Å². The number of hydrogen-bond acceptors (Lipinski definition) is 2. The van der Waals surface area contributed by atoms with Crippen LogP contribution in [0.25, 0.3) is 0 Å². The standard InChI is InChI=1S/C14H17NO2/c1-4-5-11(2)14(16)15-10-12-6-8-13(17-3)9-7-12/h4-9H,2,10H2,1,3H3,(H,15,16)/b5-4-. The molecule has 0 spiro atoms. The number of carbonyl (C=O) groups excluding carboxylic acids is 1. The summed E-state index contributed by atoms with van der Waals surface area (Å²) in [7, 11) is 1.62. The Balaban J connectivity index is 2.50. The fourth-order valence-electron chi connectivity index (χ4n) is 1.32. The van der Waals surface area contributed by atoms with Crippen molar-refractivity contribution in [2.45, 2.75) is 13.5 Å². The van der Waals surface area contributed by atoms with Gasteiger partial charge in [-0.05, 0) is 24.6 Å². The normalized spacial score (nSPS) is 10.2. The summed E-state index contributed by atoms with van der Waals surface area (Å²) in [6.45, 7) is 6.00. The van der Waals surface area contributed by atoms with E-state index in [1.54, 1.807) is 19.3 Å². The second kappa shape index (κ2) is 6.53. The molecule has 0 aromatic heterocycles. The summed E-state index contributed by atoms with van der Waals surface area (Å²) in [5, 5.41) is 2.79. The van der Waals surface area contributed by atoms with Crippen molar-refractivity contribution in [3.63, 3.8) is 0 Å². The molecule has 1 aromatic rings. The molecule has 0 saturated carbocycles. The van der Waals surface area contributed by atoms with Crippen molar-refractivity contribution in [3.8, 4) is 5.75 Å². The zero-order valence-electron chi connectivity index (χ0n) is 10.2. The number of allylic oxidation sites excluding steroid dienone is 1. The summed E-state index contributed by atoms with van der Waals surface area (Å²) >= 11 is 0.